The number of aliphatic hydroxyl groups is 1. The lowest BCUT2D eigenvalue weighted by Gasteiger charge is -2.55. The smallest absolute Gasteiger partial charge is 0.256 e. The Morgan fingerprint density at radius 1 is 1.27 bits per heavy atom. The summed E-state index contributed by atoms with van der Waals surface area (Å²) in [7, 11) is 0.142. The molecule has 1 fully saturated rings. The number of carbonyl (C=O) groups excluding carboxylic acids is 1. The number of ether oxygens (including phenoxy) is 1. The number of fused-ring (bicyclic) bond motifs is 4. The normalized spacial score (nSPS) is 20.0. The molecule has 0 radical (unpaired) electrons. The van der Waals surface area contributed by atoms with Gasteiger partial charge in [-0.05, 0) is 29.8 Å². The second-order valence-electron chi connectivity index (χ2n) is 8.89. The number of aromatic nitrogens is 2. The van der Waals surface area contributed by atoms with E-state index in [9.17, 15) is 18.3 Å². The molecule has 1 aromatic carbocycles. The molecule has 2 aromatic heterocycles. The fourth-order valence-electron chi connectivity index (χ4n) is 5.35. The lowest BCUT2D eigenvalue weighted by molar-refractivity contribution is 0.0239. The molecule has 5 rings (SSSR count). The van der Waals surface area contributed by atoms with Crippen LogP contribution in [0.15, 0.2) is 42.7 Å². The maximum absolute atomic E-state index is 13.5. The van der Waals surface area contributed by atoms with Crippen molar-refractivity contribution in [2.45, 2.75) is 11.5 Å². The minimum atomic E-state index is -3.37. The van der Waals surface area contributed by atoms with Crippen LogP contribution in [0.25, 0.3) is 10.9 Å². The van der Waals surface area contributed by atoms with Gasteiger partial charge in [-0.25, -0.2) is 12.7 Å². The van der Waals surface area contributed by atoms with E-state index < -0.39 is 21.5 Å². The number of nitrogens with zero attached hydrogens (tertiary/aromatic N) is 4. The molecule has 0 saturated carbocycles. The Labute approximate surface area is 192 Å². The zero-order chi connectivity index (χ0) is 23.5. The van der Waals surface area contributed by atoms with Crippen LogP contribution in [0, 0.1) is 0 Å². The van der Waals surface area contributed by atoms with E-state index in [-0.39, 0.29) is 25.6 Å². The Kier molecular flexibility index (Phi) is 5.00. The highest BCUT2D eigenvalue weighted by atomic mass is 32.2. The third-order valence-corrected chi connectivity index (χ3v) is 8.11. The monoisotopic (exact) mass is 470 g/mol. The number of pyridine rings is 1. The van der Waals surface area contributed by atoms with Crippen LogP contribution in [-0.4, -0.2) is 77.8 Å². The molecule has 0 unspecified atom stereocenters. The summed E-state index contributed by atoms with van der Waals surface area (Å²) in [5.74, 6) is 0.456. The van der Waals surface area contributed by atoms with Crippen molar-refractivity contribution >= 4 is 26.8 Å². The number of methoxy groups -OCH3 is 1. The molecule has 2 aliphatic rings. The number of aryl methyl sites for hydroxylation is 1. The number of rotatable bonds is 4. The predicted molar refractivity (Wildman–Crippen MR) is 123 cm³/mol. The molecular formula is C23H26N4O5S. The van der Waals surface area contributed by atoms with E-state index in [1.165, 1.54) is 16.8 Å². The van der Waals surface area contributed by atoms with Gasteiger partial charge in [0.25, 0.3) is 5.91 Å². The Bertz CT molecular complexity index is 1350. The maximum atomic E-state index is 13.5. The van der Waals surface area contributed by atoms with Gasteiger partial charge in [0.05, 0.1) is 37.1 Å². The summed E-state index contributed by atoms with van der Waals surface area (Å²) in [6.45, 7) is 0.597. The first-order chi connectivity index (χ1) is 15.7. The van der Waals surface area contributed by atoms with E-state index in [1.807, 2.05) is 29.8 Å². The van der Waals surface area contributed by atoms with Crippen molar-refractivity contribution in [2.75, 3.05) is 39.6 Å². The molecular weight excluding hydrogens is 444 g/mol. The van der Waals surface area contributed by atoms with Crippen LogP contribution < -0.4 is 4.74 Å². The Morgan fingerprint density at radius 3 is 2.64 bits per heavy atom. The summed E-state index contributed by atoms with van der Waals surface area (Å²) in [6.07, 6.45) is 4.31. The van der Waals surface area contributed by atoms with E-state index in [1.54, 1.807) is 30.3 Å². The fourth-order valence-corrected chi connectivity index (χ4v) is 6.31. The van der Waals surface area contributed by atoms with Crippen molar-refractivity contribution in [1.29, 1.82) is 0 Å². The second kappa shape index (κ2) is 7.54. The van der Waals surface area contributed by atoms with Crippen LogP contribution in [0.5, 0.6) is 5.75 Å². The van der Waals surface area contributed by atoms with Gasteiger partial charge in [-0.3, -0.25) is 9.78 Å². The second-order valence-corrected chi connectivity index (χ2v) is 10.9. The van der Waals surface area contributed by atoms with Crippen LogP contribution in [0.2, 0.25) is 0 Å². The third kappa shape index (κ3) is 3.24. The number of hydrogen-bond donors (Lipinski definition) is 1. The van der Waals surface area contributed by atoms with Crippen molar-refractivity contribution in [2.24, 2.45) is 7.05 Å². The van der Waals surface area contributed by atoms with Crippen molar-refractivity contribution in [1.82, 2.24) is 18.8 Å². The minimum Gasteiger partial charge on any atom is -0.497 e. The van der Waals surface area contributed by atoms with Crippen molar-refractivity contribution < 1.29 is 23.1 Å². The van der Waals surface area contributed by atoms with Crippen molar-refractivity contribution in [3.05, 3.63) is 59.5 Å². The molecule has 10 heteroatoms. The molecule has 1 N–H and O–H groups in total. The van der Waals surface area contributed by atoms with Gasteiger partial charge in [0, 0.05) is 61.6 Å². The van der Waals surface area contributed by atoms with E-state index >= 15 is 0 Å². The van der Waals surface area contributed by atoms with Crippen LogP contribution in [0.1, 0.15) is 27.7 Å². The Balaban J connectivity index is 1.71. The summed E-state index contributed by atoms with van der Waals surface area (Å²) in [5, 5.41) is 11.4. The standard InChI is InChI=1S/C23H26N4O5S/c1-25-18-9-16(32-2)6-7-17(18)20-21(25)19(11-28)27(22(29)15-5-4-8-24-10-15)14-23(20)12-26(13-23)33(3,30)31/h4-10,19,28H,11-14H2,1-3H3/t19-/m0/s1. The zero-order valence-corrected chi connectivity index (χ0v) is 19.5. The summed E-state index contributed by atoms with van der Waals surface area (Å²) in [5.41, 5.74) is 2.57. The van der Waals surface area contributed by atoms with Gasteiger partial charge in [-0.15, -0.1) is 0 Å². The Morgan fingerprint density at radius 2 is 2.03 bits per heavy atom. The summed E-state index contributed by atoms with van der Waals surface area (Å²) < 4.78 is 33.3. The van der Waals surface area contributed by atoms with Crippen LogP contribution in [-0.2, 0) is 22.5 Å². The summed E-state index contributed by atoms with van der Waals surface area (Å²) >= 11 is 0. The number of aliphatic hydroxyl groups excluding tert-OH is 1. The van der Waals surface area contributed by atoms with E-state index in [0.717, 1.165) is 22.2 Å². The average Bonchev–Trinajstić information content (AvgIpc) is 3.08. The molecule has 3 aromatic rings. The molecule has 1 spiro atoms. The number of hydrogen-bond acceptors (Lipinski definition) is 6. The molecule has 2 aliphatic heterocycles. The molecule has 0 aliphatic carbocycles. The first kappa shape index (κ1) is 21.9. The summed E-state index contributed by atoms with van der Waals surface area (Å²) in [4.78, 5) is 19.3. The molecule has 33 heavy (non-hydrogen) atoms. The maximum Gasteiger partial charge on any atom is 0.256 e. The number of amides is 1. The minimum absolute atomic E-state index is 0.243. The average molecular weight is 471 g/mol. The first-order valence-corrected chi connectivity index (χ1v) is 12.5. The largest absolute Gasteiger partial charge is 0.497 e. The molecule has 9 nitrogen and oxygen atoms in total. The van der Waals surface area contributed by atoms with Gasteiger partial charge in [0.1, 0.15) is 5.75 Å². The van der Waals surface area contributed by atoms with Gasteiger partial charge < -0.3 is 19.3 Å². The van der Waals surface area contributed by atoms with Gasteiger partial charge in [0.15, 0.2) is 0 Å². The van der Waals surface area contributed by atoms with Gasteiger partial charge >= 0.3 is 0 Å². The SMILES string of the molecule is COc1ccc2c3c(n(C)c2c1)[C@H](CO)N(C(=O)c1cccnc1)CC31CN(S(C)(=O)=O)C1. The quantitative estimate of drug-likeness (QED) is 0.616. The molecule has 1 amide bonds. The predicted octanol–water partition coefficient (Wildman–Crippen LogP) is 1.28. The molecule has 0 bridgehead atoms. The van der Waals surface area contributed by atoms with Crippen molar-refractivity contribution in [3.8, 4) is 5.75 Å². The zero-order valence-electron chi connectivity index (χ0n) is 18.7. The summed E-state index contributed by atoms with van der Waals surface area (Å²) in [6, 6.07) is 8.60. The number of carbonyl (C=O) groups is 1. The highest BCUT2D eigenvalue weighted by Crippen LogP contribution is 2.50. The fraction of sp³-hybridized carbons (Fsp3) is 0.391. The van der Waals surface area contributed by atoms with Crippen LogP contribution in [0.3, 0.4) is 0 Å². The van der Waals surface area contributed by atoms with Crippen LogP contribution >= 0.6 is 0 Å². The lowest BCUT2D eigenvalue weighted by atomic mass is 9.70. The topological polar surface area (TPSA) is 105 Å². The third-order valence-electron chi connectivity index (χ3n) is 6.92. The lowest BCUT2D eigenvalue weighted by Crippen LogP contribution is -2.68. The van der Waals surface area contributed by atoms with Gasteiger partial charge in [-0.2, -0.15) is 0 Å². The molecule has 174 valence electrons. The highest BCUT2D eigenvalue weighted by molar-refractivity contribution is 7.88. The van der Waals surface area contributed by atoms with Gasteiger partial charge in [-0.1, -0.05) is 0 Å². The van der Waals surface area contributed by atoms with Gasteiger partial charge in [0.2, 0.25) is 10.0 Å². The van der Waals surface area contributed by atoms with E-state index in [0.29, 0.717) is 17.9 Å². The number of benzene rings is 1. The molecule has 1 saturated heterocycles. The molecule has 1 atom stereocenters. The van der Waals surface area contributed by atoms with E-state index in [4.69, 9.17) is 4.74 Å². The van der Waals surface area contributed by atoms with Crippen LogP contribution in [0.4, 0.5) is 0 Å². The highest BCUT2D eigenvalue weighted by Gasteiger charge is 2.56. The van der Waals surface area contributed by atoms with E-state index in [2.05, 4.69) is 4.98 Å². The Hall–Kier alpha value is -2.95. The number of sulfonamides is 1. The van der Waals surface area contributed by atoms with Crippen molar-refractivity contribution in [3.63, 3.8) is 0 Å². The first-order valence-electron chi connectivity index (χ1n) is 10.6. The molecule has 4 heterocycles.